The SMILES string of the molecule is Cn1c(C(=O)OCC(=O)Nc2cccc(C(=O)O)c2)c(-c2ccc(Cl)cc2)c2ccccc2c1=O. The zero-order valence-corrected chi connectivity index (χ0v) is 19.2. The van der Waals surface area contributed by atoms with E-state index < -0.39 is 24.5 Å². The van der Waals surface area contributed by atoms with Crippen LogP contribution in [0.4, 0.5) is 5.69 Å². The molecule has 9 heteroatoms. The summed E-state index contributed by atoms with van der Waals surface area (Å²) in [5, 5.41) is 13.1. The lowest BCUT2D eigenvalue weighted by molar-refractivity contribution is -0.119. The fourth-order valence-corrected chi connectivity index (χ4v) is 3.87. The number of amides is 1. The number of pyridine rings is 1. The number of carbonyl (C=O) groups excluding carboxylic acids is 2. The number of halogens is 1. The summed E-state index contributed by atoms with van der Waals surface area (Å²) in [6, 6.07) is 19.4. The topological polar surface area (TPSA) is 115 Å². The van der Waals surface area contributed by atoms with Gasteiger partial charge in [-0.2, -0.15) is 0 Å². The molecular formula is C26H19ClN2O6. The van der Waals surface area contributed by atoms with Crippen LogP contribution < -0.4 is 10.9 Å². The standard InChI is InChI=1S/C26H19ClN2O6/c1-29-23(26(34)35-14-21(30)28-18-6-4-5-16(13-18)25(32)33)22(15-9-11-17(27)12-10-15)19-7-2-3-8-20(19)24(29)31/h2-13H,14H2,1H3,(H,28,30)(H,32,33). The van der Waals surface area contributed by atoms with Crippen molar-refractivity contribution in [3.05, 3.63) is 99.4 Å². The Labute approximate surface area is 204 Å². The molecule has 1 heterocycles. The molecule has 4 aromatic rings. The van der Waals surface area contributed by atoms with Crippen molar-refractivity contribution in [1.82, 2.24) is 4.57 Å². The molecule has 0 spiro atoms. The van der Waals surface area contributed by atoms with Gasteiger partial charge in [0.2, 0.25) is 0 Å². The largest absolute Gasteiger partial charge is 0.478 e. The van der Waals surface area contributed by atoms with Crippen LogP contribution in [0.3, 0.4) is 0 Å². The molecule has 0 saturated carbocycles. The van der Waals surface area contributed by atoms with Gasteiger partial charge in [0.25, 0.3) is 11.5 Å². The number of benzene rings is 3. The summed E-state index contributed by atoms with van der Waals surface area (Å²) in [7, 11) is 1.46. The number of ether oxygens (including phenoxy) is 1. The number of fused-ring (bicyclic) bond motifs is 1. The van der Waals surface area contributed by atoms with Gasteiger partial charge >= 0.3 is 11.9 Å². The summed E-state index contributed by atoms with van der Waals surface area (Å²) >= 11 is 6.03. The third-order valence-electron chi connectivity index (χ3n) is 5.36. The number of hydrogen-bond donors (Lipinski definition) is 2. The van der Waals surface area contributed by atoms with E-state index in [1.807, 2.05) is 0 Å². The van der Waals surface area contributed by atoms with Gasteiger partial charge in [0.15, 0.2) is 6.61 Å². The average Bonchev–Trinajstić information content (AvgIpc) is 2.85. The summed E-state index contributed by atoms with van der Waals surface area (Å²) in [6.07, 6.45) is 0. The number of anilines is 1. The molecule has 0 fully saturated rings. The molecule has 0 atom stereocenters. The summed E-state index contributed by atoms with van der Waals surface area (Å²) in [5.74, 6) is -2.67. The average molecular weight is 491 g/mol. The van der Waals surface area contributed by atoms with Gasteiger partial charge in [-0.25, -0.2) is 9.59 Å². The Hall–Kier alpha value is -4.43. The highest BCUT2D eigenvalue weighted by atomic mass is 35.5. The second-order valence-electron chi connectivity index (χ2n) is 7.65. The van der Waals surface area contributed by atoms with Crippen LogP contribution in [0, 0.1) is 0 Å². The molecule has 3 aromatic carbocycles. The number of carboxylic acid groups (broad SMARTS) is 1. The minimum atomic E-state index is -1.14. The van der Waals surface area contributed by atoms with Gasteiger partial charge in [0, 0.05) is 28.7 Å². The lowest BCUT2D eigenvalue weighted by Gasteiger charge is -2.17. The van der Waals surface area contributed by atoms with Gasteiger partial charge < -0.3 is 19.7 Å². The van der Waals surface area contributed by atoms with E-state index in [-0.39, 0.29) is 22.5 Å². The Morgan fingerprint density at radius 2 is 1.66 bits per heavy atom. The van der Waals surface area contributed by atoms with E-state index in [1.165, 1.54) is 35.9 Å². The van der Waals surface area contributed by atoms with Gasteiger partial charge in [-0.1, -0.05) is 48.0 Å². The Bertz CT molecular complexity index is 1530. The van der Waals surface area contributed by atoms with Crippen molar-refractivity contribution in [2.45, 2.75) is 0 Å². The minimum absolute atomic E-state index is 0.00133. The third-order valence-corrected chi connectivity index (χ3v) is 5.61. The normalized spacial score (nSPS) is 10.7. The van der Waals surface area contributed by atoms with E-state index in [0.29, 0.717) is 26.9 Å². The molecule has 0 unspecified atom stereocenters. The summed E-state index contributed by atoms with van der Waals surface area (Å²) in [5.41, 5.74) is 0.948. The molecule has 0 bridgehead atoms. The fraction of sp³-hybridized carbons (Fsp3) is 0.0769. The van der Waals surface area contributed by atoms with Crippen molar-refractivity contribution >= 4 is 45.9 Å². The number of nitrogens with one attached hydrogen (secondary N) is 1. The molecule has 176 valence electrons. The molecule has 1 aromatic heterocycles. The summed E-state index contributed by atoms with van der Waals surface area (Å²) in [4.78, 5) is 49.6. The molecule has 0 saturated heterocycles. The number of carboxylic acids is 1. The van der Waals surface area contributed by atoms with Crippen LogP contribution in [0.2, 0.25) is 5.02 Å². The van der Waals surface area contributed by atoms with Gasteiger partial charge in [-0.05, 0) is 47.3 Å². The Morgan fingerprint density at radius 3 is 2.34 bits per heavy atom. The third kappa shape index (κ3) is 4.92. The summed E-state index contributed by atoms with van der Waals surface area (Å²) < 4.78 is 6.45. The number of esters is 1. The zero-order valence-electron chi connectivity index (χ0n) is 18.4. The van der Waals surface area contributed by atoms with Crippen LogP contribution in [-0.4, -0.2) is 34.1 Å². The minimum Gasteiger partial charge on any atom is -0.478 e. The highest BCUT2D eigenvalue weighted by molar-refractivity contribution is 6.30. The Kier molecular flexibility index (Phi) is 6.66. The second-order valence-corrected chi connectivity index (χ2v) is 8.09. The molecule has 0 radical (unpaired) electrons. The van der Waals surface area contributed by atoms with Gasteiger partial charge in [-0.3, -0.25) is 9.59 Å². The molecule has 8 nitrogen and oxygen atoms in total. The molecule has 4 rings (SSSR count). The number of rotatable bonds is 6. The van der Waals surface area contributed by atoms with Crippen molar-refractivity contribution in [3.8, 4) is 11.1 Å². The first-order valence-electron chi connectivity index (χ1n) is 10.4. The van der Waals surface area contributed by atoms with Gasteiger partial charge in [0.05, 0.1) is 5.56 Å². The number of aromatic carboxylic acids is 1. The molecular weight excluding hydrogens is 472 g/mol. The molecule has 0 aliphatic heterocycles. The van der Waals surface area contributed by atoms with Crippen molar-refractivity contribution in [3.63, 3.8) is 0 Å². The van der Waals surface area contributed by atoms with Crippen molar-refractivity contribution in [1.29, 1.82) is 0 Å². The molecule has 1 amide bonds. The van der Waals surface area contributed by atoms with Crippen LogP contribution in [0.15, 0.2) is 77.6 Å². The molecule has 2 N–H and O–H groups in total. The van der Waals surface area contributed by atoms with Crippen molar-refractivity contribution < 1.29 is 24.2 Å². The fourth-order valence-electron chi connectivity index (χ4n) is 3.74. The lowest BCUT2D eigenvalue weighted by Crippen LogP contribution is -2.28. The Balaban J connectivity index is 1.66. The highest BCUT2D eigenvalue weighted by Crippen LogP contribution is 2.31. The van der Waals surface area contributed by atoms with E-state index in [2.05, 4.69) is 5.32 Å². The van der Waals surface area contributed by atoms with Crippen LogP contribution in [-0.2, 0) is 16.6 Å². The lowest BCUT2D eigenvalue weighted by atomic mass is 9.97. The van der Waals surface area contributed by atoms with Crippen LogP contribution >= 0.6 is 11.6 Å². The van der Waals surface area contributed by atoms with Crippen LogP contribution in [0.5, 0.6) is 0 Å². The first-order valence-corrected chi connectivity index (χ1v) is 10.8. The van der Waals surface area contributed by atoms with Gasteiger partial charge in [-0.15, -0.1) is 0 Å². The van der Waals surface area contributed by atoms with E-state index in [0.717, 1.165) is 0 Å². The first kappa shape index (κ1) is 23.7. The molecule has 0 aliphatic carbocycles. The Morgan fingerprint density at radius 1 is 0.971 bits per heavy atom. The monoisotopic (exact) mass is 490 g/mol. The first-order chi connectivity index (χ1) is 16.8. The molecule has 35 heavy (non-hydrogen) atoms. The van der Waals surface area contributed by atoms with E-state index in [1.54, 1.807) is 48.5 Å². The van der Waals surface area contributed by atoms with E-state index in [4.69, 9.17) is 21.4 Å². The maximum absolute atomic E-state index is 13.2. The summed E-state index contributed by atoms with van der Waals surface area (Å²) in [6.45, 7) is -0.642. The number of nitrogens with zero attached hydrogens (tertiary/aromatic N) is 1. The maximum atomic E-state index is 13.2. The number of hydrogen-bond acceptors (Lipinski definition) is 5. The maximum Gasteiger partial charge on any atom is 0.356 e. The van der Waals surface area contributed by atoms with Gasteiger partial charge in [0.1, 0.15) is 5.69 Å². The molecule has 0 aliphatic rings. The second kappa shape index (κ2) is 9.82. The van der Waals surface area contributed by atoms with Crippen molar-refractivity contribution in [2.75, 3.05) is 11.9 Å². The predicted octanol–water partition coefficient (Wildman–Crippen LogP) is 4.35. The zero-order chi connectivity index (χ0) is 25.1. The quantitative estimate of drug-likeness (QED) is 0.388. The smallest absolute Gasteiger partial charge is 0.356 e. The van der Waals surface area contributed by atoms with Crippen LogP contribution in [0.1, 0.15) is 20.8 Å². The predicted molar refractivity (Wildman–Crippen MR) is 132 cm³/mol. The van der Waals surface area contributed by atoms with E-state index >= 15 is 0 Å². The van der Waals surface area contributed by atoms with Crippen molar-refractivity contribution in [2.24, 2.45) is 7.05 Å². The van der Waals surface area contributed by atoms with Crippen LogP contribution in [0.25, 0.3) is 21.9 Å². The highest BCUT2D eigenvalue weighted by Gasteiger charge is 2.23. The van der Waals surface area contributed by atoms with E-state index in [9.17, 15) is 19.2 Å². The number of carbonyl (C=O) groups is 3. The number of aromatic nitrogens is 1.